The van der Waals surface area contributed by atoms with Crippen LogP contribution in [0.4, 0.5) is 0 Å². The van der Waals surface area contributed by atoms with Crippen LogP contribution >= 0.6 is 28.7 Å². The molecule has 0 aromatic heterocycles. The van der Waals surface area contributed by atoms with Gasteiger partial charge in [0.2, 0.25) is 5.69 Å². The molecule has 0 aliphatic carbocycles. The molecule has 0 rings (SSSR count). The van der Waals surface area contributed by atoms with E-state index in [1.807, 2.05) is 0 Å². The van der Waals surface area contributed by atoms with E-state index >= 15 is 0 Å². The molecule has 0 saturated heterocycles. The Morgan fingerprint density at radius 2 is 2.33 bits per heavy atom. The summed E-state index contributed by atoms with van der Waals surface area (Å²) in [4.78, 5) is 9.33. The summed E-state index contributed by atoms with van der Waals surface area (Å²) in [5, 5.41) is 0. The third kappa shape index (κ3) is 10.0. The molecule has 0 aromatic carbocycles. The Morgan fingerprint density at radius 3 is 2.75 bits per heavy atom. The van der Waals surface area contributed by atoms with E-state index in [-0.39, 0.29) is 29.6 Å². The van der Waals surface area contributed by atoms with Gasteiger partial charge in [0.1, 0.15) is 0 Å². The Hall–Kier alpha value is 1.95. The van der Waals surface area contributed by atoms with Crippen molar-refractivity contribution in [1.82, 2.24) is 0 Å². The number of hydrogen-bond donors (Lipinski definition) is 1. The van der Waals surface area contributed by atoms with E-state index in [4.69, 9.17) is 27.9 Å². The Morgan fingerprint density at radius 1 is 1.75 bits per heavy atom. The van der Waals surface area contributed by atoms with E-state index in [9.17, 15) is 4.89 Å². The zero-order valence-corrected chi connectivity index (χ0v) is 12.3. The van der Waals surface area contributed by atoms with E-state index in [1.165, 1.54) is 16.9 Å². The SMILES string of the molecule is CCOP(O)(=S)SCC=CCl.[Na]. The van der Waals surface area contributed by atoms with Crippen molar-refractivity contribution in [1.29, 1.82) is 0 Å². The number of rotatable bonds is 5. The summed E-state index contributed by atoms with van der Waals surface area (Å²) in [7, 11) is 0. The van der Waals surface area contributed by atoms with Crippen molar-refractivity contribution >= 4 is 70.0 Å². The van der Waals surface area contributed by atoms with E-state index in [1.54, 1.807) is 13.0 Å². The predicted octanol–water partition coefficient (Wildman–Crippen LogP) is 2.34. The van der Waals surface area contributed by atoms with Gasteiger partial charge in [-0.3, -0.25) is 0 Å². The molecule has 67 valence electrons. The molecule has 1 radical (unpaired) electrons. The van der Waals surface area contributed by atoms with Gasteiger partial charge in [0.05, 0.1) is 6.61 Å². The molecule has 1 N–H and O–H groups in total. The minimum absolute atomic E-state index is 0. The maximum Gasteiger partial charge on any atom is 0.245 e. The van der Waals surface area contributed by atoms with Crippen molar-refractivity contribution in [3.8, 4) is 0 Å². The molecular weight excluding hydrogens is 246 g/mol. The topological polar surface area (TPSA) is 29.5 Å². The van der Waals surface area contributed by atoms with Crippen LogP contribution in [-0.4, -0.2) is 46.8 Å². The Kier molecular flexibility index (Phi) is 13.0. The van der Waals surface area contributed by atoms with Gasteiger partial charge >= 0.3 is 0 Å². The first-order valence-corrected chi connectivity index (χ1v) is 7.69. The molecule has 7 heteroatoms. The largest absolute Gasteiger partial charge is 0.337 e. The summed E-state index contributed by atoms with van der Waals surface area (Å²) in [5.41, 5.74) is -1.19. The molecular formula is C5H10ClNaO2PS2. The molecule has 1 unspecified atom stereocenters. The minimum Gasteiger partial charge on any atom is -0.337 e. The second-order valence-corrected chi connectivity index (χ2v) is 8.02. The molecule has 0 aliphatic rings. The summed E-state index contributed by atoms with van der Waals surface area (Å²) in [6.07, 6.45) is 1.71. The molecule has 0 amide bonds. The van der Waals surface area contributed by atoms with Crippen LogP contribution < -0.4 is 0 Å². The average molecular weight is 256 g/mol. The van der Waals surface area contributed by atoms with Crippen LogP contribution in [0.25, 0.3) is 0 Å². The smallest absolute Gasteiger partial charge is 0.245 e. The van der Waals surface area contributed by atoms with Gasteiger partial charge < -0.3 is 9.42 Å². The average Bonchev–Trinajstić information content (AvgIpc) is 1.87. The molecule has 0 aliphatic heterocycles. The first kappa shape index (κ1) is 16.4. The van der Waals surface area contributed by atoms with Gasteiger partial charge in [0.15, 0.2) is 0 Å². The van der Waals surface area contributed by atoms with E-state index < -0.39 is 5.69 Å². The molecule has 0 fully saturated rings. The summed E-state index contributed by atoms with van der Waals surface area (Å²) in [6, 6.07) is 0. The second kappa shape index (κ2) is 9.50. The fraction of sp³-hybridized carbons (Fsp3) is 0.600. The normalized spacial score (nSPS) is 15.6. The Labute approximate surface area is 109 Å². The first-order valence-electron chi connectivity index (χ1n) is 2.99. The van der Waals surface area contributed by atoms with Gasteiger partial charge in [-0.2, -0.15) is 0 Å². The molecule has 0 spiro atoms. The second-order valence-electron chi connectivity index (χ2n) is 1.54. The third-order valence-corrected chi connectivity index (χ3v) is 5.15. The molecule has 0 saturated carbocycles. The third-order valence-electron chi connectivity index (χ3n) is 0.715. The monoisotopic (exact) mass is 255 g/mol. The molecule has 0 heterocycles. The fourth-order valence-electron chi connectivity index (χ4n) is 0.374. The Balaban J connectivity index is 0. The summed E-state index contributed by atoms with van der Waals surface area (Å²) < 4.78 is 4.94. The maximum atomic E-state index is 9.33. The quantitative estimate of drug-likeness (QED) is 0.603. The van der Waals surface area contributed by atoms with E-state index in [0.29, 0.717) is 12.4 Å². The zero-order valence-electron chi connectivity index (χ0n) is 7.07. The first-order chi connectivity index (χ1) is 5.12. The standard InChI is InChI=1S/C5H10ClO2PS2.Na/c1-2-8-9(7,10)11-5-3-4-6;/h3-4H,2,5H2,1H3,(H,7,10);. The van der Waals surface area contributed by atoms with Crippen LogP contribution in [-0.2, 0) is 16.3 Å². The van der Waals surface area contributed by atoms with Crippen molar-refractivity contribution in [3.63, 3.8) is 0 Å². The van der Waals surface area contributed by atoms with Crippen LogP contribution in [0.1, 0.15) is 6.92 Å². The summed E-state index contributed by atoms with van der Waals surface area (Å²) in [5.74, 6) is 0.595. The van der Waals surface area contributed by atoms with Gasteiger partial charge in [-0.05, 0) is 18.7 Å². The number of halogens is 1. The van der Waals surface area contributed by atoms with Crippen LogP contribution in [0, 0.1) is 0 Å². The molecule has 1 atom stereocenters. The van der Waals surface area contributed by atoms with Crippen LogP contribution in [0.15, 0.2) is 11.6 Å². The van der Waals surface area contributed by atoms with E-state index in [0.717, 1.165) is 0 Å². The van der Waals surface area contributed by atoms with Gasteiger partial charge in [-0.25, -0.2) is 0 Å². The maximum absolute atomic E-state index is 9.33. The fourth-order valence-corrected chi connectivity index (χ4v) is 3.57. The van der Waals surface area contributed by atoms with Crippen molar-refractivity contribution in [3.05, 3.63) is 11.6 Å². The predicted molar refractivity (Wildman–Crippen MR) is 61.3 cm³/mol. The zero-order chi connectivity index (χ0) is 8.74. The van der Waals surface area contributed by atoms with Crippen LogP contribution in [0.2, 0.25) is 0 Å². The molecule has 0 aromatic rings. The Bertz CT molecular complexity index is 179. The summed E-state index contributed by atoms with van der Waals surface area (Å²) >= 11 is 11.3. The van der Waals surface area contributed by atoms with Crippen molar-refractivity contribution in [2.75, 3.05) is 12.4 Å². The van der Waals surface area contributed by atoms with Crippen molar-refractivity contribution < 1.29 is 9.42 Å². The minimum atomic E-state index is -2.58. The molecule has 12 heavy (non-hydrogen) atoms. The van der Waals surface area contributed by atoms with Crippen LogP contribution in [0.5, 0.6) is 0 Å². The van der Waals surface area contributed by atoms with Crippen molar-refractivity contribution in [2.45, 2.75) is 6.92 Å². The van der Waals surface area contributed by atoms with Crippen LogP contribution in [0.3, 0.4) is 0 Å². The van der Waals surface area contributed by atoms with Gasteiger partial charge in [0.25, 0.3) is 0 Å². The molecule has 0 bridgehead atoms. The van der Waals surface area contributed by atoms with Gasteiger partial charge in [0, 0.05) is 40.8 Å². The molecule has 2 nitrogen and oxygen atoms in total. The van der Waals surface area contributed by atoms with Crippen molar-refractivity contribution in [2.24, 2.45) is 0 Å². The van der Waals surface area contributed by atoms with E-state index in [2.05, 4.69) is 0 Å². The summed E-state index contributed by atoms with van der Waals surface area (Å²) in [6.45, 7) is 2.25. The van der Waals surface area contributed by atoms with Gasteiger partial charge in [-0.1, -0.05) is 29.1 Å². The van der Waals surface area contributed by atoms with Gasteiger partial charge in [-0.15, -0.1) is 0 Å². The number of hydrogen-bond acceptors (Lipinski definition) is 3.